The molecule has 13 heavy (non-hydrogen) atoms. The van der Waals surface area contributed by atoms with E-state index in [4.69, 9.17) is 12.2 Å². The second-order valence-corrected chi connectivity index (χ2v) is 2.81. The van der Waals surface area contributed by atoms with Crippen LogP contribution in [0.1, 0.15) is 12.0 Å². The summed E-state index contributed by atoms with van der Waals surface area (Å²) in [5, 5.41) is 0. The smallest absolute Gasteiger partial charge is 0.205 e. The van der Waals surface area contributed by atoms with Gasteiger partial charge in [-0.1, -0.05) is 12.1 Å². The highest BCUT2D eigenvalue weighted by Gasteiger charge is 1.97. The summed E-state index contributed by atoms with van der Waals surface area (Å²) in [4.78, 5) is 10.8. The minimum Gasteiger partial charge on any atom is -0.399 e. The van der Waals surface area contributed by atoms with E-state index in [0.717, 1.165) is 11.3 Å². The Morgan fingerprint density at radius 2 is 2.00 bits per heavy atom. The number of carbonyl (C=O) groups excluding carboxylic acids is 1. The molecule has 1 rings (SSSR count). The van der Waals surface area contributed by atoms with E-state index in [0.29, 0.717) is 12.8 Å². The van der Waals surface area contributed by atoms with Crippen LogP contribution in [0.5, 0.6) is 0 Å². The third kappa shape index (κ3) is 3.00. The Hall–Kier alpha value is -1.75. The number of ketones is 1. The van der Waals surface area contributed by atoms with Crippen LogP contribution in [0, 0.1) is 12.3 Å². The van der Waals surface area contributed by atoms with Crippen LogP contribution in [0.3, 0.4) is 0 Å². The molecule has 0 aliphatic rings. The van der Waals surface area contributed by atoms with Crippen LogP contribution in [0.4, 0.5) is 5.69 Å². The van der Waals surface area contributed by atoms with Crippen molar-refractivity contribution in [2.75, 3.05) is 5.73 Å². The summed E-state index contributed by atoms with van der Waals surface area (Å²) in [6.45, 7) is 0. The van der Waals surface area contributed by atoms with Gasteiger partial charge in [0.2, 0.25) is 5.78 Å². The van der Waals surface area contributed by atoms with Gasteiger partial charge in [-0.2, -0.15) is 0 Å². The molecule has 2 nitrogen and oxygen atoms in total. The number of terminal acetylenes is 1. The first-order valence-corrected chi connectivity index (χ1v) is 4.06. The zero-order chi connectivity index (χ0) is 9.68. The van der Waals surface area contributed by atoms with Gasteiger partial charge in [0.05, 0.1) is 0 Å². The molecule has 2 heteroatoms. The molecule has 0 saturated heterocycles. The van der Waals surface area contributed by atoms with Gasteiger partial charge in [-0.15, -0.1) is 6.42 Å². The highest BCUT2D eigenvalue weighted by Crippen LogP contribution is 2.07. The van der Waals surface area contributed by atoms with Gasteiger partial charge in [0.15, 0.2) is 0 Å². The van der Waals surface area contributed by atoms with Crippen molar-refractivity contribution in [1.29, 1.82) is 0 Å². The van der Waals surface area contributed by atoms with Gasteiger partial charge in [-0.3, -0.25) is 4.79 Å². The number of benzene rings is 1. The second kappa shape index (κ2) is 4.32. The molecule has 0 atom stereocenters. The van der Waals surface area contributed by atoms with Gasteiger partial charge in [0, 0.05) is 12.1 Å². The maximum absolute atomic E-state index is 10.8. The summed E-state index contributed by atoms with van der Waals surface area (Å²) < 4.78 is 0. The van der Waals surface area contributed by atoms with E-state index in [1.54, 1.807) is 0 Å². The number of hydrogen-bond donors (Lipinski definition) is 1. The van der Waals surface area contributed by atoms with Crippen molar-refractivity contribution < 1.29 is 4.79 Å². The zero-order valence-corrected chi connectivity index (χ0v) is 7.29. The maximum Gasteiger partial charge on any atom is 0.205 e. The molecule has 1 aromatic carbocycles. The highest BCUT2D eigenvalue weighted by atomic mass is 16.1. The maximum atomic E-state index is 10.8. The monoisotopic (exact) mass is 173 g/mol. The molecular formula is C11H11NO. The van der Waals surface area contributed by atoms with Crippen molar-refractivity contribution in [2.24, 2.45) is 0 Å². The first kappa shape index (κ1) is 9.34. The predicted molar refractivity (Wildman–Crippen MR) is 53.0 cm³/mol. The summed E-state index contributed by atoms with van der Waals surface area (Å²) >= 11 is 0. The molecule has 0 radical (unpaired) electrons. The van der Waals surface area contributed by atoms with Crippen LogP contribution >= 0.6 is 0 Å². The molecule has 0 amide bonds. The van der Waals surface area contributed by atoms with Crippen LogP contribution < -0.4 is 5.73 Å². The highest BCUT2D eigenvalue weighted by molar-refractivity contribution is 5.94. The molecular weight excluding hydrogens is 162 g/mol. The minimum absolute atomic E-state index is 0.156. The number of nitrogen functional groups attached to an aromatic ring is 1. The fourth-order valence-electron chi connectivity index (χ4n) is 1.01. The van der Waals surface area contributed by atoms with E-state index in [-0.39, 0.29) is 5.78 Å². The Balaban J connectivity index is 2.52. The average Bonchev–Trinajstić information content (AvgIpc) is 2.16. The third-order valence-electron chi connectivity index (χ3n) is 1.78. The van der Waals surface area contributed by atoms with Crippen molar-refractivity contribution in [3.63, 3.8) is 0 Å². The number of nitrogens with two attached hydrogens (primary N) is 1. The quantitative estimate of drug-likeness (QED) is 0.426. The van der Waals surface area contributed by atoms with E-state index < -0.39 is 0 Å². The molecule has 0 saturated carbocycles. The van der Waals surface area contributed by atoms with Gasteiger partial charge in [-0.05, 0) is 30.0 Å². The topological polar surface area (TPSA) is 43.1 Å². The van der Waals surface area contributed by atoms with Crippen LogP contribution in [-0.4, -0.2) is 5.78 Å². The third-order valence-corrected chi connectivity index (χ3v) is 1.78. The van der Waals surface area contributed by atoms with Crippen LogP contribution in [0.15, 0.2) is 24.3 Å². The molecule has 0 aliphatic heterocycles. The fourth-order valence-corrected chi connectivity index (χ4v) is 1.01. The minimum atomic E-state index is -0.156. The second-order valence-electron chi connectivity index (χ2n) is 2.81. The van der Waals surface area contributed by atoms with Crippen molar-refractivity contribution >= 4 is 11.5 Å². The van der Waals surface area contributed by atoms with E-state index >= 15 is 0 Å². The Morgan fingerprint density at radius 3 is 2.54 bits per heavy atom. The number of hydrogen-bond acceptors (Lipinski definition) is 2. The Kier molecular flexibility index (Phi) is 3.10. The lowest BCUT2D eigenvalue weighted by atomic mass is 10.1. The molecule has 0 aromatic heterocycles. The summed E-state index contributed by atoms with van der Waals surface area (Å²) in [6, 6.07) is 7.43. The van der Waals surface area contributed by atoms with Crippen molar-refractivity contribution in [3.8, 4) is 12.3 Å². The van der Waals surface area contributed by atoms with Gasteiger partial charge < -0.3 is 5.73 Å². The lowest BCUT2D eigenvalue weighted by Gasteiger charge is -1.98. The molecule has 0 spiro atoms. The fraction of sp³-hybridized carbons (Fsp3) is 0.182. The molecule has 0 aliphatic carbocycles. The number of carbonyl (C=O) groups is 1. The SMILES string of the molecule is C#CC(=O)CCc1ccc(N)cc1. The number of Topliss-reactive ketones (excluding diaryl/α,β-unsaturated/α-hetero) is 1. The van der Waals surface area contributed by atoms with E-state index in [1.165, 1.54) is 0 Å². The molecule has 0 heterocycles. The van der Waals surface area contributed by atoms with Crippen molar-refractivity contribution in [2.45, 2.75) is 12.8 Å². The molecule has 2 N–H and O–H groups in total. The normalized spacial score (nSPS) is 9.15. The Bertz CT molecular complexity index is 332. The summed E-state index contributed by atoms with van der Waals surface area (Å²) in [5.41, 5.74) is 7.32. The predicted octanol–water partition coefficient (Wildman–Crippen LogP) is 1.40. The van der Waals surface area contributed by atoms with Gasteiger partial charge in [0.25, 0.3) is 0 Å². The standard InChI is InChI=1S/C11H11NO/c1-2-11(13)8-5-9-3-6-10(12)7-4-9/h1,3-4,6-7H,5,8,12H2. The van der Waals surface area contributed by atoms with Crippen LogP contribution in [0.25, 0.3) is 0 Å². The molecule has 0 unspecified atom stereocenters. The van der Waals surface area contributed by atoms with E-state index in [2.05, 4.69) is 5.92 Å². The Labute approximate surface area is 77.8 Å². The molecule has 66 valence electrons. The summed E-state index contributed by atoms with van der Waals surface area (Å²) in [5.74, 6) is 1.93. The van der Waals surface area contributed by atoms with Gasteiger partial charge in [-0.25, -0.2) is 0 Å². The number of anilines is 1. The summed E-state index contributed by atoms with van der Waals surface area (Å²) in [6.07, 6.45) is 6.03. The number of rotatable bonds is 3. The lowest BCUT2D eigenvalue weighted by molar-refractivity contribution is -0.113. The molecule has 0 fully saturated rings. The lowest BCUT2D eigenvalue weighted by Crippen LogP contribution is -1.96. The Morgan fingerprint density at radius 1 is 1.38 bits per heavy atom. The van der Waals surface area contributed by atoms with Crippen molar-refractivity contribution in [1.82, 2.24) is 0 Å². The first-order chi connectivity index (χ1) is 6.22. The average molecular weight is 173 g/mol. The van der Waals surface area contributed by atoms with E-state index in [9.17, 15) is 4.79 Å². The zero-order valence-electron chi connectivity index (χ0n) is 7.29. The summed E-state index contributed by atoms with van der Waals surface area (Å²) in [7, 11) is 0. The number of aryl methyl sites for hydroxylation is 1. The van der Waals surface area contributed by atoms with Crippen LogP contribution in [-0.2, 0) is 11.2 Å². The first-order valence-electron chi connectivity index (χ1n) is 4.06. The largest absolute Gasteiger partial charge is 0.399 e. The molecule has 0 bridgehead atoms. The van der Waals surface area contributed by atoms with Gasteiger partial charge in [0.1, 0.15) is 0 Å². The van der Waals surface area contributed by atoms with Gasteiger partial charge >= 0.3 is 0 Å². The van der Waals surface area contributed by atoms with Crippen molar-refractivity contribution in [3.05, 3.63) is 29.8 Å². The van der Waals surface area contributed by atoms with E-state index in [1.807, 2.05) is 24.3 Å². The van der Waals surface area contributed by atoms with Crippen LogP contribution in [0.2, 0.25) is 0 Å². The molecule has 1 aromatic rings.